The lowest BCUT2D eigenvalue weighted by Crippen LogP contribution is -2.43. The number of nitrogens with zero attached hydrogens (tertiary/aromatic N) is 1. The fourth-order valence-corrected chi connectivity index (χ4v) is 1.26. The predicted octanol–water partition coefficient (Wildman–Crippen LogP) is 1.36. The highest BCUT2D eigenvalue weighted by molar-refractivity contribution is 5.28. The molecular weight excluding hydrogens is 176 g/mol. The Balaban J connectivity index is 2.94. The first-order valence-corrected chi connectivity index (χ1v) is 4.54. The number of benzene rings is 1. The van der Waals surface area contributed by atoms with Gasteiger partial charge in [0.1, 0.15) is 11.8 Å². The zero-order chi connectivity index (χ0) is 10.6. The molecule has 1 aromatic rings. The molecule has 0 radical (unpaired) electrons. The quantitative estimate of drug-likeness (QED) is 0.707. The highest BCUT2D eigenvalue weighted by Crippen LogP contribution is 2.25. The molecule has 1 rings (SSSR count). The molecule has 14 heavy (non-hydrogen) atoms. The van der Waals surface area contributed by atoms with Crippen LogP contribution in [0.1, 0.15) is 18.6 Å². The third kappa shape index (κ3) is 2.00. The van der Waals surface area contributed by atoms with Gasteiger partial charge in [-0.2, -0.15) is 0 Å². The molecule has 0 heterocycles. The van der Waals surface area contributed by atoms with Crippen molar-refractivity contribution in [3.8, 4) is 0 Å². The molecule has 0 bridgehead atoms. The van der Waals surface area contributed by atoms with Crippen LogP contribution < -0.4 is 5.32 Å². The Kier molecular flexibility index (Phi) is 3.38. The Labute approximate surface area is 84.5 Å². The predicted molar refractivity (Wildman–Crippen MR) is 58.4 cm³/mol. The maximum atomic E-state index is 10.0. The minimum Gasteiger partial charge on any atom is -0.384 e. The van der Waals surface area contributed by atoms with Gasteiger partial charge in [-0.25, -0.2) is 0 Å². The molecular formula is C11H16N2O. The summed E-state index contributed by atoms with van der Waals surface area (Å²) in [5.41, 5.74) is 0.0956. The van der Waals surface area contributed by atoms with E-state index in [1.165, 1.54) is 0 Å². The van der Waals surface area contributed by atoms with E-state index >= 15 is 0 Å². The second-order valence-electron chi connectivity index (χ2n) is 3.37. The summed E-state index contributed by atoms with van der Waals surface area (Å²) in [6.07, 6.45) is -0.689. The molecule has 0 aliphatic carbocycles. The Morgan fingerprint density at radius 3 is 2.43 bits per heavy atom. The van der Waals surface area contributed by atoms with Gasteiger partial charge in [-0.1, -0.05) is 30.3 Å². The van der Waals surface area contributed by atoms with Gasteiger partial charge >= 0.3 is 0 Å². The summed E-state index contributed by atoms with van der Waals surface area (Å²) in [6, 6.07) is 9.42. The van der Waals surface area contributed by atoms with Crippen LogP contribution in [0.2, 0.25) is 0 Å². The van der Waals surface area contributed by atoms with Crippen molar-refractivity contribution < 1.29 is 5.11 Å². The van der Waals surface area contributed by atoms with Crippen molar-refractivity contribution in [1.29, 1.82) is 0 Å². The lowest BCUT2D eigenvalue weighted by molar-refractivity contribution is 0.0802. The van der Waals surface area contributed by atoms with Crippen LogP contribution in [0.25, 0.3) is 0 Å². The van der Waals surface area contributed by atoms with Crippen LogP contribution in [0.3, 0.4) is 0 Å². The van der Waals surface area contributed by atoms with Crippen molar-refractivity contribution in [2.45, 2.75) is 18.7 Å². The molecule has 1 aromatic carbocycles. The van der Waals surface area contributed by atoms with E-state index in [9.17, 15) is 5.11 Å². The van der Waals surface area contributed by atoms with E-state index in [4.69, 9.17) is 0 Å². The van der Waals surface area contributed by atoms with Crippen LogP contribution in [0.5, 0.6) is 0 Å². The van der Waals surface area contributed by atoms with Crippen molar-refractivity contribution in [2.75, 3.05) is 7.05 Å². The van der Waals surface area contributed by atoms with Gasteiger partial charge in [-0.15, -0.1) is 0 Å². The lowest BCUT2D eigenvalue weighted by Gasteiger charge is -2.30. The number of aliphatic hydroxyl groups is 1. The van der Waals surface area contributed by atoms with Gasteiger partial charge in [0.15, 0.2) is 0 Å². The summed E-state index contributed by atoms with van der Waals surface area (Å²) in [5, 5.41) is 13.0. The molecule has 0 aliphatic heterocycles. The average Bonchev–Trinajstić information content (AvgIpc) is 2.28. The van der Waals surface area contributed by atoms with Crippen LogP contribution in [0.15, 0.2) is 35.3 Å². The summed E-state index contributed by atoms with van der Waals surface area (Å²) in [7, 11) is 1.75. The first kappa shape index (κ1) is 10.9. The molecule has 3 nitrogen and oxygen atoms in total. The SMILES string of the molecule is C=N[C@](C)(NC)[C@H](O)c1ccccc1. The number of hydrogen-bond donors (Lipinski definition) is 2. The third-order valence-corrected chi connectivity index (χ3v) is 2.48. The average molecular weight is 192 g/mol. The molecule has 0 saturated carbocycles. The molecule has 0 fully saturated rings. The third-order valence-electron chi connectivity index (χ3n) is 2.48. The molecule has 3 heteroatoms. The normalized spacial score (nSPS) is 17.1. The minimum absolute atomic E-state index is 0.689. The first-order valence-electron chi connectivity index (χ1n) is 4.54. The van der Waals surface area contributed by atoms with Crippen molar-refractivity contribution in [2.24, 2.45) is 4.99 Å². The summed E-state index contributed by atoms with van der Waals surface area (Å²) in [4.78, 5) is 3.90. The second-order valence-corrected chi connectivity index (χ2v) is 3.37. The fourth-order valence-electron chi connectivity index (χ4n) is 1.26. The Hall–Kier alpha value is -1.19. The largest absolute Gasteiger partial charge is 0.384 e. The molecule has 0 spiro atoms. The van der Waals surface area contributed by atoms with E-state index in [0.29, 0.717) is 0 Å². The van der Waals surface area contributed by atoms with Gasteiger partial charge in [0.25, 0.3) is 0 Å². The van der Waals surface area contributed by atoms with Crippen LogP contribution >= 0.6 is 0 Å². The topological polar surface area (TPSA) is 44.6 Å². The Morgan fingerprint density at radius 1 is 1.43 bits per heavy atom. The number of rotatable bonds is 4. The maximum absolute atomic E-state index is 10.0. The molecule has 2 atom stereocenters. The van der Waals surface area contributed by atoms with Crippen LogP contribution in [0, 0.1) is 0 Å². The minimum atomic E-state index is -0.735. The van der Waals surface area contributed by atoms with Gasteiger partial charge in [0, 0.05) is 0 Å². The van der Waals surface area contributed by atoms with Crippen LogP contribution in [-0.2, 0) is 0 Å². The van der Waals surface area contributed by atoms with Gasteiger partial charge < -0.3 is 5.11 Å². The van der Waals surface area contributed by atoms with Gasteiger partial charge in [-0.3, -0.25) is 10.3 Å². The van der Waals surface area contributed by atoms with Crippen molar-refractivity contribution in [1.82, 2.24) is 5.32 Å². The van der Waals surface area contributed by atoms with Gasteiger partial charge in [0.2, 0.25) is 0 Å². The first-order chi connectivity index (χ1) is 6.64. The van der Waals surface area contributed by atoms with E-state index < -0.39 is 11.8 Å². The molecule has 2 N–H and O–H groups in total. The number of aliphatic imine (C=N–C) groups is 1. The van der Waals surface area contributed by atoms with E-state index in [2.05, 4.69) is 17.0 Å². The standard InChI is InChI=1S/C11H16N2O/c1-11(12-2,13-3)10(14)9-7-5-4-6-8-9/h4-8,10,13-14H,2H2,1,3H3/t10-,11-/m1/s1. The van der Waals surface area contributed by atoms with Gasteiger partial charge in [0.05, 0.1) is 0 Å². The second kappa shape index (κ2) is 4.35. The highest BCUT2D eigenvalue weighted by Gasteiger charge is 2.30. The number of aliphatic hydroxyl groups excluding tert-OH is 1. The Morgan fingerprint density at radius 2 is 2.00 bits per heavy atom. The summed E-state index contributed by atoms with van der Waals surface area (Å²) in [6.45, 7) is 5.28. The summed E-state index contributed by atoms with van der Waals surface area (Å²) in [5.74, 6) is 0. The Bertz CT molecular complexity index is 299. The maximum Gasteiger partial charge on any atom is 0.137 e. The molecule has 0 saturated heterocycles. The lowest BCUT2D eigenvalue weighted by atomic mass is 9.98. The zero-order valence-corrected chi connectivity index (χ0v) is 8.57. The molecule has 0 aliphatic rings. The van der Waals surface area contributed by atoms with Crippen molar-refractivity contribution in [3.63, 3.8) is 0 Å². The molecule has 76 valence electrons. The smallest absolute Gasteiger partial charge is 0.137 e. The summed E-state index contributed by atoms with van der Waals surface area (Å²) < 4.78 is 0. The van der Waals surface area contributed by atoms with Gasteiger partial charge in [-0.05, 0) is 26.3 Å². The number of hydrogen-bond acceptors (Lipinski definition) is 3. The number of likely N-dealkylation sites (N-methyl/N-ethyl adjacent to an activating group) is 1. The summed E-state index contributed by atoms with van der Waals surface area (Å²) >= 11 is 0. The van der Waals surface area contributed by atoms with E-state index in [0.717, 1.165) is 5.56 Å². The van der Waals surface area contributed by atoms with Crippen LogP contribution in [0.4, 0.5) is 0 Å². The molecule has 0 amide bonds. The molecule has 0 unspecified atom stereocenters. The highest BCUT2D eigenvalue weighted by atomic mass is 16.3. The monoisotopic (exact) mass is 192 g/mol. The van der Waals surface area contributed by atoms with E-state index in [1.54, 1.807) is 14.0 Å². The zero-order valence-electron chi connectivity index (χ0n) is 8.57. The van der Waals surface area contributed by atoms with E-state index in [1.807, 2.05) is 30.3 Å². The molecule has 0 aromatic heterocycles. The van der Waals surface area contributed by atoms with E-state index in [-0.39, 0.29) is 0 Å². The number of nitrogens with one attached hydrogen (secondary N) is 1. The van der Waals surface area contributed by atoms with Crippen molar-refractivity contribution in [3.05, 3.63) is 35.9 Å². The fraction of sp³-hybridized carbons (Fsp3) is 0.364. The van der Waals surface area contributed by atoms with Crippen molar-refractivity contribution >= 4 is 6.72 Å². The van der Waals surface area contributed by atoms with Crippen LogP contribution in [-0.4, -0.2) is 24.5 Å².